The lowest BCUT2D eigenvalue weighted by atomic mass is 10.0. The lowest BCUT2D eigenvalue weighted by molar-refractivity contribution is -0.138. The third-order valence-electron chi connectivity index (χ3n) is 4.67. The van der Waals surface area contributed by atoms with Gasteiger partial charge in [0.15, 0.2) is 11.5 Å². The number of carbonyl (C=O) groups is 1. The molecule has 2 aliphatic heterocycles. The van der Waals surface area contributed by atoms with Crippen molar-refractivity contribution in [1.82, 2.24) is 9.80 Å². The molecule has 1 aromatic rings. The Balaban J connectivity index is 1.57. The highest BCUT2D eigenvalue weighted by Gasteiger charge is 2.24. The average Bonchev–Trinajstić information content (AvgIpc) is 2.55. The van der Waals surface area contributed by atoms with Crippen LogP contribution in [0.3, 0.4) is 0 Å². The maximum Gasteiger partial charge on any atom is 0.317 e. The number of halogens is 1. The molecule has 6 nitrogen and oxygen atoms in total. The second kappa shape index (κ2) is 7.72. The predicted octanol–water partition coefficient (Wildman–Crippen LogP) is 2.20. The van der Waals surface area contributed by atoms with Gasteiger partial charge in [0.2, 0.25) is 0 Å². The number of likely N-dealkylation sites (tertiary alicyclic amines) is 1. The number of carboxylic acid groups (broad SMARTS) is 1. The van der Waals surface area contributed by atoms with Crippen LogP contribution in [0.5, 0.6) is 11.5 Å². The van der Waals surface area contributed by atoms with Gasteiger partial charge in [0.25, 0.3) is 0 Å². The van der Waals surface area contributed by atoms with Crippen LogP contribution in [0.4, 0.5) is 0 Å². The van der Waals surface area contributed by atoms with E-state index in [2.05, 4.69) is 26.9 Å². The molecular weight excluding hydrogens is 376 g/mol. The van der Waals surface area contributed by atoms with Crippen LogP contribution in [0, 0.1) is 0 Å². The molecule has 0 amide bonds. The van der Waals surface area contributed by atoms with Crippen LogP contribution < -0.4 is 9.47 Å². The minimum atomic E-state index is -0.764. The summed E-state index contributed by atoms with van der Waals surface area (Å²) in [5.41, 5.74) is 1.19. The van der Waals surface area contributed by atoms with E-state index in [-0.39, 0.29) is 6.54 Å². The van der Waals surface area contributed by atoms with Crippen molar-refractivity contribution in [3.05, 3.63) is 22.2 Å². The second-order valence-electron chi connectivity index (χ2n) is 6.40. The molecule has 0 aliphatic carbocycles. The molecule has 0 spiro atoms. The number of hydrogen-bond acceptors (Lipinski definition) is 5. The number of piperidine rings is 1. The van der Waals surface area contributed by atoms with Gasteiger partial charge in [-0.05, 0) is 50.7 Å². The number of hydrogen-bond donors (Lipinski definition) is 1. The van der Waals surface area contributed by atoms with E-state index in [1.54, 1.807) is 0 Å². The van der Waals surface area contributed by atoms with Crippen molar-refractivity contribution in [2.45, 2.75) is 25.4 Å². The lowest BCUT2D eigenvalue weighted by Gasteiger charge is -2.36. The maximum absolute atomic E-state index is 10.8. The Morgan fingerprint density at radius 1 is 1.29 bits per heavy atom. The lowest BCUT2D eigenvalue weighted by Crippen LogP contribution is -2.44. The molecular formula is C17H23BrN2O4. The van der Waals surface area contributed by atoms with Crippen LogP contribution in [0.2, 0.25) is 0 Å². The van der Waals surface area contributed by atoms with Crippen molar-refractivity contribution in [2.75, 3.05) is 39.9 Å². The van der Waals surface area contributed by atoms with Gasteiger partial charge in [-0.3, -0.25) is 14.6 Å². The van der Waals surface area contributed by atoms with E-state index in [9.17, 15) is 4.79 Å². The van der Waals surface area contributed by atoms with E-state index in [0.717, 1.165) is 48.4 Å². The Bertz CT molecular complexity index is 602. The first-order valence-electron chi connectivity index (χ1n) is 8.25. The first-order chi connectivity index (χ1) is 11.5. The monoisotopic (exact) mass is 398 g/mol. The van der Waals surface area contributed by atoms with Gasteiger partial charge in [-0.15, -0.1) is 0 Å². The molecule has 132 valence electrons. The molecule has 0 saturated carbocycles. The van der Waals surface area contributed by atoms with Crippen LogP contribution in [-0.2, 0) is 11.3 Å². The first kappa shape index (κ1) is 17.5. The zero-order valence-corrected chi connectivity index (χ0v) is 15.4. The summed E-state index contributed by atoms with van der Waals surface area (Å²) in [5, 5.41) is 8.91. The molecule has 0 bridgehead atoms. The van der Waals surface area contributed by atoms with Crippen LogP contribution in [0.1, 0.15) is 18.4 Å². The number of fused-ring (bicyclic) bond motifs is 1. The Hall–Kier alpha value is -1.31. The number of carboxylic acids is 1. The highest BCUT2D eigenvalue weighted by atomic mass is 79.9. The Morgan fingerprint density at radius 2 is 1.92 bits per heavy atom. The van der Waals surface area contributed by atoms with Crippen molar-refractivity contribution in [3.63, 3.8) is 0 Å². The quantitative estimate of drug-likeness (QED) is 0.819. The zero-order valence-electron chi connectivity index (χ0n) is 13.8. The number of aliphatic carboxylic acids is 1. The van der Waals surface area contributed by atoms with E-state index >= 15 is 0 Å². The molecule has 0 radical (unpaired) electrons. The van der Waals surface area contributed by atoms with Crippen molar-refractivity contribution in [2.24, 2.45) is 0 Å². The molecule has 1 saturated heterocycles. The van der Waals surface area contributed by atoms with Gasteiger partial charge >= 0.3 is 5.97 Å². The standard InChI is InChI=1S/C17H23BrN2O4/c1-19(11-17(21)22)13-2-4-20(5-3-13)10-12-8-15-16(9-14(12)18)24-7-6-23-15/h8-9,13H,2-7,10-11H2,1H3,(H,21,22). The maximum atomic E-state index is 10.8. The minimum absolute atomic E-state index is 0.109. The largest absolute Gasteiger partial charge is 0.486 e. The summed E-state index contributed by atoms with van der Waals surface area (Å²) in [6.07, 6.45) is 1.98. The summed E-state index contributed by atoms with van der Waals surface area (Å²) >= 11 is 3.63. The van der Waals surface area contributed by atoms with Gasteiger partial charge in [-0.1, -0.05) is 15.9 Å². The van der Waals surface area contributed by atoms with Crippen molar-refractivity contribution in [3.8, 4) is 11.5 Å². The van der Waals surface area contributed by atoms with Gasteiger partial charge in [-0.2, -0.15) is 0 Å². The molecule has 1 N–H and O–H groups in total. The Kier molecular flexibility index (Phi) is 5.63. The average molecular weight is 399 g/mol. The SMILES string of the molecule is CN(CC(=O)O)C1CCN(Cc2cc3c(cc2Br)OCCO3)CC1. The Labute approximate surface area is 150 Å². The molecule has 0 aromatic heterocycles. The predicted molar refractivity (Wildman–Crippen MR) is 93.7 cm³/mol. The molecule has 3 rings (SSSR count). The van der Waals surface area contributed by atoms with E-state index in [0.29, 0.717) is 19.3 Å². The van der Waals surface area contributed by atoms with Gasteiger partial charge in [0.1, 0.15) is 13.2 Å². The summed E-state index contributed by atoms with van der Waals surface area (Å²) in [4.78, 5) is 15.2. The van der Waals surface area contributed by atoms with Crippen molar-refractivity contribution < 1.29 is 19.4 Å². The smallest absolute Gasteiger partial charge is 0.317 e. The fourth-order valence-electron chi connectivity index (χ4n) is 3.33. The number of ether oxygens (including phenoxy) is 2. The number of rotatable bonds is 5. The van der Waals surface area contributed by atoms with Gasteiger partial charge in [0.05, 0.1) is 6.54 Å². The third kappa shape index (κ3) is 4.20. The van der Waals surface area contributed by atoms with Crippen LogP contribution in [0.25, 0.3) is 0 Å². The third-order valence-corrected chi connectivity index (χ3v) is 5.41. The van der Waals surface area contributed by atoms with Gasteiger partial charge in [0, 0.05) is 17.1 Å². The molecule has 7 heteroatoms. The van der Waals surface area contributed by atoms with E-state index < -0.39 is 5.97 Å². The summed E-state index contributed by atoms with van der Waals surface area (Å²) in [6, 6.07) is 4.39. The first-order valence-corrected chi connectivity index (χ1v) is 9.04. The summed E-state index contributed by atoms with van der Waals surface area (Å²) in [6.45, 7) is 4.08. The fourth-order valence-corrected chi connectivity index (χ4v) is 3.78. The normalized spacial score (nSPS) is 18.8. The molecule has 1 fully saturated rings. The summed E-state index contributed by atoms with van der Waals surface area (Å²) < 4.78 is 12.3. The second-order valence-corrected chi connectivity index (χ2v) is 7.26. The topological polar surface area (TPSA) is 62.2 Å². The van der Waals surface area contributed by atoms with Gasteiger partial charge < -0.3 is 14.6 Å². The molecule has 2 aliphatic rings. The summed E-state index contributed by atoms with van der Waals surface area (Å²) in [5.74, 6) is 0.849. The highest BCUT2D eigenvalue weighted by molar-refractivity contribution is 9.10. The number of benzene rings is 1. The molecule has 24 heavy (non-hydrogen) atoms. The van der Waals surface area contributed by atoms with E-state index in [4.69, 9.17) is 14.6 Å². The minimum Gasteiger partial charge on any atom is -0.486 e. The van der Waals surface area contributed by atoms with E-state index in [1.165, 1.54) is 5.56 Å². The van der Waals surface area contributed by atoms with Crippen LogP contribution in [0.15, 0.2) is 16.6 Å². The van der Waals surface area contributed by atoms with Crippen molar-refractivity contribution in [1.29, 1.82) is 0 Å². The Morgan fingerprint density at radius 3 is 2.54 bits per heavy atom. The zero-order chi connectivity index (χ0) is 17.1. The molecule has 1 aromatic carbocycles. The molecule has 0 atom stereocenters. The summed E-state index contributed by atoms with van der Waals surface area (Å²) in [7, 11) is 1.89. The highest BCUT2D eigenvalue weighted by Crippen LogP contribution is 2.36. The molecule has 2 heterocycles. The van der Waals surface area contributed by atoms with Gasteiger partial charge in [-0.25, -0.2) is 0 Å². The van der Waals surface area contributed by atoms with E-state index in [1.807, 2.05) is 18.0 Å². The van der Waals surface area contributed by atoms with Crippen LogP contribution >= 0.6 is 15.9 Å². The number of likely N-dealkylation sites (N-methyl/N-ethyl adjacent to an activating group) is 1. The molecule has 0 unspecified atom stereocenters. The fraction of sp³-hybridized carbons (Fsp3) is 0.588. The van der Waals surface area contributed by atoms with Crippen LogP contribution in [-0.4, -0.2) is 66.8 Å². The van der Waals surface area contributed by atoms with Crippen molar-refractivity contribution >= 4 is 21.9 Å². The number of nitrogens with zero attached hydrogens (tertiary/aromatic N) is 2.